The van der Waals surface area contributed by atoms with E-state index >= 15 is 0 Å². The van der Waals surface area contributed by atoms with Gasteiger partial charge in [0.1, 0.15) is 11.5 Å². The molecule has 0 bridgehead atoms. The molecule has 0 radical (unpaired) electrons. The summed E-state index contributed by atoms with van der Waals surface area (Å²) in [6, 6.07) is 16.8. The van der Waals surface area contributed by atoms with Gasteiger partial charge in [-0.25, -0.2) is 9.97 Å². The lowest BCUT2D eigenvalue weighted by molar-refractivity contribution is 0.199. The molecule has 6 nitrogen and oxygen atoms in total. The van der Waals surface area contributed by atoms with Gasteiger partial charge in [0.2, 0.25) is 0 Å². The SMILES string of the molecule is Cc1ccc(N2CCN(c3ccc(C(C)O)cn3)CC2)cc1-c1nc2ccccn2c1C. The van der Waals surface area contributed by atoms with E-state index in [4.69, 9.17) is 4.98 Å². The molecule has 5 rings (SSSR count). The van der Waals surface area contributed by atoms with Crippen molar-refractivity contribution in [3.63, 3.8) is 0 Å². The summed E-state index contributed by atoms with van der Waals surface area (Å²) in [6.45, 7) is 9.76. The van der Waals surface area contributed by atoms with Crippen molar-refractivity contribution >= 4 is 17.2 Å². The van der Waals surface area contributed by atoms with Gasteiger partial charge < -0.3 is 19.3 Å². The van der Waals surface area contributed by atoms with Crippen LogP contribution in [0, 0.1) is 13.8 Å². The van der Waals surface area contributed by atoms with Crippen LogP contribution in [0.4, 0.5) is 11.5 Å². The summed E-state index contributed by atoms with van der Waals surface area (Å²) >= 11 is 0. The predicted octanol–water partition coefficient (Wildman–Crippen LogP) is 4.39. The second-order valence-electron chi connectivity index (χ2n) is 8.57. The highest BCUT2D eigenvalue weighted by Gasteiger charge is 2.20. The Morgan fingerprint density at radius 3 is 2.41 bits per heavy atom. The van der Waals surface area contributed by atoms with Gasteiger partial charge in [-0.3, -0.25) is 0 Å². The number of imidazole rings is 1. The molecular formula is C26H29N5O. The van der Waals surface area contributed by atoms with Crippen molar-refractivity contribution in [2.24, 2.45) is 0 Å². The number of piperazine rings is 1. The Labute approximate surface area is 188 Å². The Kier molecular flexibility index (Phi) is 5.31. The molecule has 1 unspecified atom stereocenters. The molecule has 6 heteroatoms. The highest BCUT2D eigenvalue weighted by molar-refractivity contribution is 5.73. The fraction of sp³-hybridized carbons (Fsp3) is 0.308. The Bertz CT molecular complexity index is 1240. The van der Waals surface area contributed by atoms with Crippen molar-refractivity contribution in [1.82, 2.24) is 14.4 Å². The first-order valence-corrected chi connectivity index (χ1v) is 11.2. The minimum absolute atomic E-state index is 0.485. The third kappa shape index (κ3) is 3.71. The lowest BCUT2D eigenvalue weighted by atomic mass is 10.0. The quantitative estimate of drug-likeness (QED) is 0.523. The van der Waals surface area contributed by atoms with Gasteiger partial charge in [0.25, 0.3) is 0 Å². The average Bonchev–Trinajstić information content (AvgIpc) is 3.16. The van der Waals surface area contributed by atoms with Crippen LogP contribution in [0.25, 0.3) is 16.9 Å². The fourth-order valence-corrected chi connectivity index (χ4v) is 4.46. The monoisotopic (exact) mass is 427 g/mol. The molecule has 0 amide bonds. The van der Waals surface area contributed by atoms with Gasteiger partial charge in [0.15, 0.2) is 0 Å². The largest absolute Gasteiger partial charge is 0.389 e. The van der Waals surface area contributed by atoms with E-state index in [9.17, 15) is 5.11 Å². The maximum Gasteiger partial charge on any atom is 0.137 e. The topological polar surface area (TPSA) is 56.9 Å². The number of rotatable bonds is 4. The Morgan fingerprint density at radius 2 is 1.72 bits per heavy atom. The Balaban J connectivity index is 1.36. The molecule has 164 valence electrons. The number of nitrogens with zero attached hydrogens (tertiary/aromatic N) is 5. The summed E-state index contributed by atoms with van der Waals surface area (Å²) in [4.78, 5) is 14.2. The number of aliphatic hydroxyl groups excluding tert-OH is 1. The zero-order valence-electron chi connectivity index (χ0n) is 18.9. The second kappa shape index (κ2) is 8.28. The maximum atomic E-state index is 9.70. The molecule has 1 aliphatic heterocycles. The van der Waals surface area contributed by atoms with E-state index in [0.29, 0.717) is 0 Å². The normalized spacial score (nSPS) is 15.4. The molecule has 1 atom stereocenters. The molecule has 1 N–H and O–H groups in total. The van der Waals surface area contributed by atoms with Crippen molar-refractivity contribution in [2.75, 3.05) is 36.0 Å². The van der Waals surface area contributed by atoms with Gasteiger partial charge >= 0.3 is 0 Å². The summed E-state index contributed by atoms with van der Waals surface area (Å²) in [6.07, 6.45) is 3.36. The van der Waals surface area contributed by atoms with Crippen molar-refractivity contribution in [3.8, 4) is 11.3 Å². The summed E-state index contributed by atoms with van der Waals surface area (Å²) in [5.74, 6) is 0.971. The van der Waals surface area contributed by atoms with E-state index in [1.807, 2.05) is 24.3 Å². The van der Waals surface area contributed by atoms with E-state index in [1.165, 1.54) is 16.8 Å². The first kappa shape index (κ1) is 20.5. The highest BCUT2D eigenvalue weighted by atomic mass is 16.3. The van der Waals surface area contributed by atoms with Crippen LogP contribution in [0.5, 0.6) is 0 Å². The van der Waals surface area contributed by atoms with Crippen molar-refractivity contribution in [2.45, 2.75) is 26.9 Å². The predicted molar refractivity (Wildman–Crippen MR) is 129 cm³/mol. The molecule has 0 saturated carbocycles. The average molecular weight is 428 g/mol. The van der Waals surface area contributed by atoms with Crippen molar-refractivity contribution in [1.29, 1.82) is 0 Å². The van der Waals surface area contributed by atoms with E-state index in [1.54, 1.807) is 13.1 Å². The summed E-state index contributed by atoms with van der Waals surface area (Å²) < 4.78 is 2.15. The van der Waals surface area contributed by atoms with Crippen LogP contribution >= 0.6 is 0 Å². The number of aryl methyl sites for hydroxylation is 2. The third-order valence-corrected chi connectivity index (χ3v) is 6.47. The van der Waals surface area contributed by atoms with Gasteiger partial charge in [-0.1, -0.05) is 18.2 Å². The molecular weight excluding hydrogens is 398 g/mol. The Morgan fingerprint density at radius 1 is 0.938 bits per heavy atom. The number of anilines is 2. The first-order chi connectivity index (χ1) is 15.5. The highest BCUT2D eigenvalue weighted by Crippen LogP contribution is 2.31. The summed E-state index contributed by atoms with van der Waals surface area (Å²) in [7, 11) is 0. The molecule has 0 spiro atoms. The van der Waals surface area contributed by atoms with Crippen LogP contribution < -0.4 is 9.80 Å². The van der Waals surface area contributed by atoms with Crippen LogP contribution in [-0.2, 0) is 0 Å². The van der Waals surface area contributed by atoms with Crippen LogP contribution in [-0.4, -0.2) is 45.7 Å². The number of hydrogen-bond donors (Lipinski definition) is 1. The fourth-order valence-electron chi connectivity index (χ4n) is 4.46. The van der Waals surface area contributed by atoms with Crippen LogP contribution in [0.1, 0.15) is 29.8 Å². The Hall–Kier alpha value is -3.38. The molecule has 0 aliphatic carbocycles. The zero-order valence-corrected chi connectivity index (χ0v) is 18.9. The van der Waals surface area contributed by atoms with Gasteiger partial charge in [-0.2, -0.15) is 0 Å². The van der Waals surface area contributed by atoms with Crippen LogP contribution in [0.15, 0.2) is 60.9 Å². The number of benzene rings is 1. The number of aliphatic hydroxyl groups is 1. The molecule has 1 saturated heterocycles. The van der Waals surface area contributed by atoms with E-state index in [2.05, 4.69) is 63.5 Å². The number of fused-ring (bicyclic) bond motifs is 1. The molecule has 1 aliphatic rings. The lowest BCUT2D eigenvalue weighted by Crippen LogP contribution is -2.46. The van der Waals surface area contributed by atoms with Crippen molar-refractivity contribution < 1.29 is 5.11 Å². The molecule has 1 aromatic carbocycles. The molecule has 4 heterocycles. The third-order valence-electron chi connectivity index (χ3n) is 6.47. The van der Waals surface area contributed by atoms with Gasteiger partial charge in [-0.05, 0) is 62.2 Å². The molecule has 3 aromatic heterocycles. The smallest absolute Gasteiger partial charge is 0.137 e. The summed E-state index contributed by atoms with van der Waals surface area (Å²) in [5.41, 5.74) is 7.71. The van der Waals surface area contributed by atoms with E-state index in [0.717, 1.165) is 54.6 Å². The van der Waals surface area contributed by atoms with E-state index in [-0.39, 0.29) is 0 Å². The minimum Gasteiger partial charge on any atom is -0.389 e. The second-order valence-corrected chi connectivity index (χ2v) is 8.57. The number of pyridine rings is 2. The summed E-state index contributed by atoms with van der Waals surface area (Å²) in [5, 5.41) is 9.70. The standard InChI is InChI=1S/C26H29N5O/c1-18-7-9-22(16-23(18)26-19(2)31-11-5-4-6-25(31)28-26)29-12-14-30(15-13-29)24-10-8-21(17-27-24)20(3)32/h4-11,16-17,20,32H,12-15H2,1-3H3. The molecule has 4 aromatic rings. The van der Waals surface area contributed by atoms with Gasteiger partial charge in [0.05, 0.1) is 11.8 Å². The molecule has 1 fully saturated rings. The lowest BCUT2D eigenvalue weighted by Gasteiger charge is -2.37. The van der Waals surface area contributed by atoms with Crippen LogP contribution in [0.2, 0.25) is 0 Å². The zero-order chi connectivity index (χ0) is 22.2. The van der Waals surface area contributed by atoms with Crippen LogP contribution in [0.3, 0.4) is 0 Å². The maximum absolute atomic E-state index is 9.70. The molecule has 32 heavy (non-hydrogen) atoms. The minimum atomic E-state index is -0.485. The number of aromatic nitrogens is 3. The number of hydrogen-bond acceptors (Lipinski definition) is 5. The first-order valence-electron chi connectivity index (χ1n) is 11.2. The van der Waals surface area contributed by atoms with E-state index < -0.39 is 6.10 Å². The van der Waals surface area contributed by atoms with Crippen molar-refractivity contribution in [3.05, 3.63) is 77.7 Å². The van der Waals surface area contributed by atoms with Gasteiger partial charge in [-0.15, -0.1) is 0 Å². The van der Waals surface area contributed by atoms with Gasteiger partial charge in [0, 0.05) is 55.5 Å².